The van der Waals surface area contributed by atoms with Crippen LogP contribution in [0.4, 0.5) is 16.3 Å². The van der Waals surface area contributed by atoms with E-state index in [-0.39, 0.29) is 0 Å². The lowest BCUT2D eigenvalue weighted by Gasteiger charge is -2.06. The molecule has 1 aromatic carbocycles. The van der Waals surface area contributed by atoms with Gasteiger partial charge in [0.1, 0.15) is 0 Å². The van der Waals surface area contributed by atoms with Crippen LogP contribution in [0.3, 0.4) is 0 Å². The Bertz CT molecular complexity index is 557. The maximum Gasteiger partial charge on any atom is 0.324 e. The Balaban J connectivity index is 1.95. The Morgan fingerprint density at radius 1 is 1.11 bits per heavy atom. The van der Waals surface area contributed by atoms with Crippen molar-refractivity contribution in [3.8, 4) is 5.88 Å². The Hall–Kier alpha value is -2.34. The number of benzene rings is 1. The van der Waals surface area contributed by atoms with Crippen molar-refractivity contribution in [3.05, 3.63) is 41.4 Å². The molecule has 0 saturated heterocycles. The van der Waals surface area contributed by atoms with Crippen molar-refractivity contribution in [2.24, 2.45) is 0 Å². The first-order valence-electron chi connectivity index (χ1n) is 5.38. The molecule has 19 heavy (non-hydrogen) atoms. The lowest BCUT2D eigenvalue weighted by atomic mass is 10.3. The summed E-state index contributed by atoms with van der Waals surface area (Å²) in [5.74, 6) is 0.705. The van der Waals surface area contributed by atoms with Gasteiger partial charge in [-0.2, -0.15) is 0 Å². The van der Waals surface area contributed by atoms with Crippen LogP contribution in [0.2, 0.25) is 5.02 Å². The molecule has 98 valence electrons. The first-order valence-corrected chi connectivity index (χ1v) is 5.76. The smallest absolute Gasteiger partial charge is 0.324 e. The fourth-order valence-electron chi connectivity index (χ4n) is 1.31. The van der Waals surface area contributed by atoms with Gasteiger partial charge in [-0.3, -0.25) is 5.32 Å². The van der Waals surface area contributed by atoms with Gasteiger partial charge in [0, 0.05) is 16.8 Å². The topological polar surface area (TPSA) is 76.1 Å². The van der Waals surface area contributed by atoms with E-state index in [1.54, 1.807) is 36.4 Å². The van der Waals surface area contributed by atoms with Crippen LogP contribution in [0.5, 0.6) is 5.88 Å². The van der Waals surface area contributed by atoms with E-state index in [9.17, 15) is 4.79 Å². The summed E-state index contributed by atoms with van der Waals surface area (Å²) in [7, 11) is 1.49. The third-order valence-electron chi connectivity index (χ3n) is 2.19. The molecule has 0 bridgehead atoms. The van der Waals surface area contributed by atoms with Gasteiger partial charge >= 0.3 is 6.03 Å². The minimum atomic E-state index is -0.415. The molecule has 0 saturated carbocycles. The predicted molar refractivity (Wildman–Crippen MR) is 72.7 cm³/mol. The summed E-state index contributed by atoms with van der Waals surface area (Å²) < 4.78 is 4.87. The highest BCUT2D eigenvalue weighted by Crippen LogP contribution is 2.14. The number of hydrogen-bond acceptors (Lipinski definition) is 4. The number of methoxy groups -OCH3 is 1. The molecule has 2 N–H and O–H groups in total. The number of anilines is 2. The largest absolute Gasteiger partial charge is 0.480 e. The van der Waals surface area contributed by atoms with Crippen molar-refractivity contribution < 1.29 is 9.53 Å². The van der Waals surface area contributed by atoms with Crippen LogP contribution < -0.4 is 15.4 Å². The van der Waals surface area contributed by atoms with Gasteiger partial charge in [0.05, 0.1) is 7.11 Å². The molecule has 0 atom stereocenters. The van der Waals surface area contributed by atoms with Gasteiger partial charge in [-0.05, 0) is 30.3 Å². The second kappa shape index (κ2) is 6.01. The molecule has 0 fully saturated rings. The van der Waals surface area contributed by atoms with Crippen molar-refractivity contribution in [2.45, 2.75) is 0 Å². The maximum atomic E-state index is 11.7. The van der Waals surface area contributed by atoms with Crippen molar-refractivity contribution in [2.75, 3.05) is 17.7 Å². The summed E-state index contributed by atoms with van der Waals surface area (Å²) in [6.45, 7) is 0. The van der Waals surface area contributed by atoms with Crippen molar-refractivity contribution >= 4 is 29.1 Å². The predicted octanol–water partition coefficient (Wildman–Crippen LogP) is 2.78. The van der Waals surface area contributed by atoms with Crippen LogP contribution in [-0.4, -0.2) is 23.3 Å². The molecule has 0 aliphatic carbocycles. The second-order valence-electron chi connectivity index (χ2n) is 3.55. The zero-order chi connectivity index (χ0) is 13.7. The van der Waals surface area contributed by atoms with Crippen molar-refractivity contribution in [1.29, 1.82) is 0 Å². The molecule has 2 amide bonds. The third kappa shape index (κ3) is 3.82. The monoisotopic (exact) mass is 278 g/mol. The molecule has 2 aromatic rings. The number of rotatable bonds is 3. The van der Waals surface area contributed by atoms with Crippen LogP contribution in [0.25, 0.3) is 0 Å². The second-order valence-corrected chi connectivity index (χ2v) is 3.98. The van der Waals surface area contributed by atoms with E-state index in [0.717, 1.165) is 0 Å². The molecule has 0 unspecified atom stereocenters. The first kappa shape index (κ1) is 13.1. The van der Waals surface area contributed by atoms with Crippen LogP contribution in [0.15, 0.2) is 36.4 Å². The van der Waals surface area contributed by atoms with Crippen LogP contribution in [0.1, 0.15) is 0 Å². The Morgan fingerprint density at radius 3 is 2.42 bits per heavy atom. The zero-order valence-electron chi connectivity index (χ0n) is 10.1. The van der Waals surface area contributed by atoms with E-state index in [2.05, 4.69) is 20.8 Å². The average molecular weight is 279 g/mol. The number of amides is 2. The number of hydrogen-bond donors (Lipinski definition) is 2. The number of halogens is 1. The molecular formula is C12H11ClN4O2. The lowest BCUT2D eigenvalue weighted by Crippen LogP contribution is -2.20. The van der Waals surface area contributed by atoms with E-state index < -0.39 is 6.03 Å². The average Bonchev–Trinajstić information content (AvgIpc) is 2.42. The Kier molecular flexibility index (Phi) is 4.15. The van der Waals surface area contributed by atoms with Crippen molar-refractivity contribution in [3.63, 3.8) is 0 Å². The Labute approximate surface area is 114 Å². The van der Waals surface area contributed by atoms with E-state index in [4.69, 9.17) is 16.3 Å². The standard InChI is InChI=1S/C12H11ClN4O2/c1-19-11-7-6-10(16-17-11)15-12(18)14-9-4-2-8(13)3-5-9/h2-7H,1H3,(H2,14,15,16,18). The molecule has 0 spiro atoms. The summed E-state index contributed by atoms with van der Waals surface area (Å²) in [5.41, 5.74) is 0.628. The SMILES string of the molecule is COc1ccc(NC(=O)Nc2ccc(Cl)cc2)nn1. The van der Waals surface area contributed by atoms with Gasteiger partial charge in [-0.1, -0.05) is 11.6 Å². The molecule has 0 aliphatic rings. The van der Waals surface area contributed by atoms with Crippen LogP contribution in [-0.2, 0) is 0 Å². The zero-order valence-corrected chi connectivity index (χ0v) is 10.8. The number of ether oxygens (including phenoxy) is 1. The van der Waals surface area contributed by atoms with E-state index >= 15 is 0 Å². The molecule has 6 nitrogen and oxygen atoms in total. The van der Waals surface area contributed by atoms with Gasteiger partial charge in [-0.15, -0.1) is 10.2 Å². The highest BCUT2D eigenvalue weighted by molar-refractivity contribution is 6.30. The fraction of sp³-hybridized carbons (Fsp3) is 0.0833. The minimum absolute atomic E-state index is 0.326. The molecular weight excluding hydrogens is 268 g/mol. The number of nitrogens with one attached hydrogen (secondary N) is 2. The quantitative estimate of drug-likeness (QED) is 0.905. The highest BCUT2D eigenvalue weighted by Gasteiger charge is 2.04. The summed E-state index contributed by atoms with van der Waals surface area (Å²) in [6, 6.07) is 9.54. The number of carbonyl (C=O) groups excluding carboxylic acids is 1. The van der Waals surface area contributed by atoms with Gasteiger partial charge in [0.15, 0.2) is 5.82 Å². The molecule has 1 heterocycles. The van der Waals surface area contributed by atoms with Crippen molar-refractivity contribution in [1.82, 2.24) is 10.2 Å². The van der Waals surface area contributed by atoms with Crippen LogP contribution >= 0.6 is 11.6 Å². The first-order chi connectivity index (χ1) is 9.17. The normalized spacial score (nSPS) is 9.79. The summed E-state index contributed by atoms with van der Waals surface area (Å²) in [4.78, 5) is 11.7. The summed E-state index contributed by atoms with van der Waals surface area (Å²) in [6.07, 6.45) is 0. The van der Waals surface area contributed by atoms with E-state index in [1.165, 1.54) is 7.11 Å². The summed E-state index contributed by atoms with van der Waals surface area (Å²) >= 11 is 5.75. The molecule has 0 radical (unpaired) electrons. The van der Waals surface area contributed by atoms with Gasteiger partial charge in [-0.25, -0.2) is 4.79 Å². The van der Waals surface area contributed by atoms with Gasteiger partial charge in [0.25, 0.3) is 0 Å². The number of aromatic nitrogens is 2. The number of urea groups is 1. The molecule has 7 heteroatoms. The number of nitrogens with zero attached hydrogens (tertiary/aromatic N) is 2. The lowest BCUT2D eigenvalue weighted by molar-refractivity contribution is 0.262. The van der Waals surface area contributed by atoms with E-state index in [0.29, 0.717) is 22.4 Å². The van der Waals surface area contributed by atoms with E-state index in [1.807, 2.05) is 0 Å². The molecule has 1 aromatic heterocycles. The highest BCUT2D eigenvalue weighted by atomic mass is 35.5. The van der Waals surface area contributed by atoms with Crippen LogP contribution in [0, 0.1) is 0 Å². The number of carbonyl (C=O) groups is 1. The van der Waals surface area contributed by atoms with Gasteiger partial charge in [0.2, 0.25) is 5.88 Å². The fourth-order valence-corrected chi connectivity index (χ4v) is 1.43. The molecule has 2 rings (SSSR count). The minimum Gasteiger partial charge on any atom is -0.480 e. The maximum absolute atomic E-state index is 11.7. The van der Waals surface area contributed by atoms with Gasteiger partial charge < -0.3 is 10.1 Å². The molecule has 0 aliphatic heterocycles. The summed E-state index contributed by atoms with van der Waals surface area (Å²) in [5, 5.41) is 13.3. The Morgan fingerprint density at radius 2 is 1.84 bits per heavy atom. The third-order valence-corrected chi connectivity index (χ3v) is 2.44.